The van der Waals surface area contributed by atoms with E-state index in [-0.39, 0.29) is 32.8 Å². The van der Waals surface area contributed by atoms with Crippen molar-refractivity contribution in [2.45, 2.75) is 100 Å². The summed E-state index contributed by atoms with van der Waals surface area (Å²) in [7, 11) is 0. The van der Waals surface area contributed by atoms with Crippen LogP contribution < -0.4 is 0 Å². The maximum atomic E-state index is 14.3. The molecule has 0 aliphatic heterocycles. The minimum Gasteiger partial charge on any atom is -0.166 e. The highest BCUT2D eigenvalue weighted by Gasteiger charge is 2.37. The van der Waals surface area contributed by atoms with Crippen molar-refractivity contribution in [2.24, 2.45) is 11.8 Å². The molecule has 2 fully saturated rings. The van der Waals surface area contributed by atoms with Gasteiger partial charge < -0.3 is 0 Å². The van der Waals surface area contributed by atoms with Crippen molar-refractivity contribution in [3.05, 3.63) is 57.6 Å². The minimum atomic E-state index is -4.64. The maximum Gasteiger partial charge on any atom is 0.417 e. The molecule has 0 heterocycles. The normalized spacial score (nSPS) is 16.0. The Kier molecular flexibility index (Phi) is 9.33. The minimum absolute atomic E-state index is 0.0490. The van der Waals surface area contributed by atoms with Crippen molar-refractivity contribution in [1.82, 2.24) is 0 Å². The van der Waals surface area contributed by atoms with E-state index in [1.165, 1.54) is 0 Å². The van der Waals surface area contributed by atoms with Crippen molar-refractivity contribution in [3.8, 4) is 23.7 Å². The first kappa shape index (κ1) is 29.5. The Balaban J connectivity index is 1.93. The SMILES string of the molecule is CCCc1cc(Sc2cc(CCC)cc(C(F)(F)F)c2C#CC2CCC2)c(C#CC2CCC2)c(C(F)(F)F)c1. The molecule has 0 amide bonds. The number of rotatable bonds is 6. The highest BCUT2D eigenvalue weighted by molar-refractivity contribution is 7.99. The third kappa shape index (κ3) is 7.37. The van der Waals surface area contributed by atoms with Gasteiger partial charge in [-0.1, -0.05) is 75.0 Å². The Morgan fingerprint density at radius 1 is 0.667 bits per heavy atom. The number of hydrogen-bond donors (Lipinski definition) is 0. The Morgan fingerprint density at radius 3 is 1.33 bits per heavy atom. The maximum absolute atomic E-state index is 14.3. The van der Waals surface area contributed by atoms with E-state index >= 15 is 0 Å². The molecule has 0 nitrogen and oxygen atoms in total. The molecule has 2 saturated carbocycles. The van der Waals surface area contributed by atoms with E-state index in [1.807, 2.05) is 13.8 Å². The van der Waals surface area contributed by atoms with Crippen LogP contribution in [0.15, 0.2) is 34.1 Å². The molecule has 0 saturated heterocycles. The van der Waals surface area contributed by atoms with Gasteiger partial charge in [-0.2, -0.15) is 26.3 Å². The van der Waals surface area contributed by atoms with Gasteiger partial charge in [-0.25, -0.2) is 0 Å². The molecule has 4 rings (SSSR count). The second kappa shape index (κ2) is 12.3. The largest absolute Gasteiger partial charge is 0.417 e. The number of halogens is 6. The van der Waals surface area contributed by atoms with Gasteiger partial charge in [0.05, 0.1) is 22.3 Å². The van der Waals surface area contributed by atoms with Crippen LogP contribution in [0.25, 0.3) is 0 Å². The molecular weight excluding hydrogens is 530 g/mol. The van der Waals surface area contributed by atoms with E-state index in [9.17, 15) is 26.3 Å². The summed E-state index contributed by atoms with van der Waals surface area (Å²) in [5.41, 5.74) is -0.997. The Labute approximate surface area is 231 Å². The van der Waals surface area contributed by atoms with Crippen molar-refractivity contribution >= 4 is 11.8 Å². The summed E-state index contributed by atoms with van der Waals surface area (Å²) in [6, 6.07) is 5.61. The average molecular weight is 563 g/mol. The molecule has 208 valence electrons. The van der Waals surface area contributed by atoms with Crippen LogP contribution in [0.2, 0.25) is 0 Å². The van der Waals surface area contributed by atoms with E-state index in [4.69, 9.17) is 0 Å². The fourth-order valence-electron chi connectivity index (χ4n) is 4.65. The Hall–Kier alpha value is -2.51. The van der Waals surface area contributed by atoms with Gasteiger partial charge >= 0.3 is 12.4 Å². The third-order valence-corrected chi connectivity index (χ3v) is 8.33. The summed E-state index contributed by atoms with van der Waals surface area (Å²) >= 11 is 0.931. The van der Waals surface area contributed by atoms with Gasteiger partial charge in [0.2, 0.25) is 0 Å². The van der Waals surface area contributed by atoms with Crippen LogP contribution in [0.4, 0.5) is 26.3 Å². The van der Waals surface area contributed by atoms with Gasteiger partial charge in [-0.15, -0.1) is 0 Å². The van der Waals surface area contributed by atoms with E-state index in [0.717, 1.165) is 62.4 Å². The zero-order valence-electron chi connectivity index (χ0n) is 22.2. The molecule has 2 aliphatic carbocycles. The monoisotopic (exact) mass is 562 g/mol. The molecule has 39 heavy (non-hydrogen) atoms. The predicted octanol–water partition coefficient (Wildman–Crippen LogP) is 10.1. The summed E-state index contributed by atoms with van der Waals surface area (Å²) in [5, 5.41) is 0. The average Bonchev–Trinajstić information content (AvgIpc) is 2.78. The van der Waals surface area contributed by atoms with Crippen LogP contribution in [0, 0.1) is 35.5 Å². The summed E-state index contributed by atoms with van der Waals surface area (Å²) < 4.78 is 85.7. The molecule has 0 atom stereocenters. The van der Waals surface area contributed by atoms with Crippen LogP contribution in [0.1, 0.15) is 98.6 Å². The summed E-state index contributed by atoms with van der Waals surface area (Å²) in [6.07, 6.45) is -1.79. The van der Waals surface area contributed by atoms with Crippen molar-refractivity contribution in [3.63, 3.8) is 0 Å². The molecule has 7 heteroatoms. The Morgan fingerprint density at radius 2 is 1.05 bits per heavy atom. The molecular formula is C32H32F6S. The van der Waals surface area contributed by atoms with E-state index < -0.39 is 23.5 Å². The molecule has 0 N–H and O–H groups in total. The summed E-state index contributed by atoms with van der Waals surface area (Å²) in [4.78, 5) is 0.460. The lowest BCUT2D eigenvalue weighted by molar-refractivity contribution is -0.138. The van der Waals surface area contributed by atoms with Crippen LogP contribution in [-0.4, -0.2) is 0 Å². The third-order valence-electron chi connectivity index (χ3n) is 7.24. The van der Waals surface area contributed by atoms with Crippen LogP contribution in [0.3, 0.4) is 0 Å². The van der Waals surface area contributed by atoms with Crippen LogP contribution in [0.5, 0.6) is 0 Å². The van der Waals surface area contributed by atoms with Gasteiger partial charge in [0.25, 0.3) is 0 Å². The summed E-state index contributed by atoms with van der Waals surface area (Å²) in [5.74, 6) is 11.7. The van der Waals surface area contributed by atoms with Gasteiger partial charge in [0.15, 0.2) is 0 Å². The first-order valence-electron chi connectivity index (χ1n) is 13.7. The van der Waals surface area contributed by atoms with Crippen LogP contribution in [-0.2, 0) is 25.2 Å². The van der Waals surface area contributed by atoms with E-state index in [2.05, 4.69) is 23.7 Å². The lowest BCUT2D eigenvalue weighted by Gasteiger charge is -2.21. The molecule has 0 spiro atoms. The second-order valence-electron chi connectivity index (χ2n) is 10.4. The quantitative estimate of drug-likeness (QED) is 0.249. The van der Waals surface area contributed by atoms with Crippen LogP contribution >= 0.6 is 11.8 Å². The standard InChI is InChI=1S/C32H32F6S/c1-3-7-23-17-27(31(33,34)35)25(15-13-21-9-5-10-21)29(19-23)39-30-20-24(8-4-2)18-28(32(36,37)38)26(30)16-14-22-11-6-12-22/h17-22H,3-12H2,1-2H3. The van der Waals surface area contributed by atoms with E-state index in [0.29, 0.717) is 36.8 Å². The second-order valence-corrected chi connectivity index (χ2v) is 11.5. The zero-order chi connectivity index (χ0) is 28.2. The van der Waals surface area contributed by atoms with Gasteiger partial charge in [-0.05, 0) is 73.9 Å². The number of alkyl halides is 6. The highest BCUT2D eigenvalue weighted by Crippen LogP contribution is 2.44. The molecule has 0 radical (unpaired) electrons. The Bertz CT molecular complexity index is 1200. The highest BCUT2D eigenvalue weighted by atomic mass is 32.2. The van der Waals surface area contributed by atoms with Gasteiger partial charge in [0.1, 0.15) is 0 Å². The molecule has 2 aliphatic rings. The molecule has 2 aromatic rings. The number of aryl methyl sites for hydroxylation is 2. The topological polar surface area (TPSA) is 0 Å². The first-order chi connectivity index (χ1) is 18.5. The molecule has 0 bridgehead atoms. The first-order valence-corrected chi connectivity index (χ1v) is 14.5. The predicted molar refractivity (Wildman–Crippen MR) is 143 cm³/mol. The fraction of sp³-hybridized carbons (Fsp3) is 0.500. The number of hydrogen-bond acceptors (Lipinski definition) is 1. The zero-order valence-corrected chi connectivity index (χ0v) is 23.0. The molecule has 0 unspecified atom stereocenters. The summed E-state index contributed by atoms with van der Waals surface area (Å²) in [6.45, 7) is 3.75. The van der Waals surface area contributed by atoms with Crippen molar-refractivity contribution in [1.29, 1.82) is 0 Å². The smallest absolute Gasteiger partial charge is 0.166 e. The fourth-order valence-corrected chi connectivity index (χ4v) is 5.83. The van der Waals surface area contributed by atoms with Gasteiger partial charge in [0, 0.05) is 21.6 Å². The van der Waals surface area contributed by atoms with Gasteiger partial charge in [-0.3, -0.25) is 0 Å². The lowest BCUT2D eigenvalue weighted by atomic mass is 9.86. The van der Waals surface area contributed by atoms with Crippen molar-refractivity contribution in [2.75, 3.05) is 0 Å². The lowest BCUT2D eigenvalue weighted by Crippen LogP contribution is -2.12. The molecule has 0 aromatic heterocycles. The molecule has 2 aromatic carbocycles. The van der Waals surface area contributed by atoms with Crippen molar-refractivity contribution < 1.29 is 26.3 Å². The number of benzene rings is 2. The van der Waals surface area contributed by atoms with E-state index in [1.54, 1.807) is 12.1 Å².